The zero-order valence-electron chi connectivity index (χ0n) is 10.8. The van der Waals surface area contributed by atoms with Crippen LogP contribution in [0.5, 0.6) is 0 Å². The first-order valence-electron chi connectivity index (χ1n) is 5.60. The van der Waals surface area contributed by atoms with Crippen LogP contribution >= 0.6 is 0 Å². The van der Waals surface area contributed by atoms with Crippen molar-refractivity contribution in [2.45, 2.75) is 32.9 Å². The fourth-order valence-electron chi connectivity index (χ4n) is 1.32. The number of rotatable bonds is 3. The predicted molar refractivity (Wildman–Crippen MR) is 66.9 cm³/mol. The van der Waals surface area contributed by atoms with Crippen molar-refractivity contribution in [3.8, 4) is 0 Å². The zero-order chi connectivity index (χ0) is 13.1. The third-order valence-corrected chi connectivity index (χ3v) is 2.32. The predicted octanol–water partition coefficient (Wildman–Crippen LogP) is 2.04. The molecule has 0 heterocycles. The Morgan fingerprint density at radius 3 is 2.24 bits per heavy atom. The Balaban J connectivity index is 2.66. The molecule has 0 aliphatic heterocycles. The number of hydroxylamine groups is 2. The van der Waals surface area contributed by atoms with Gasteiger partial charge in [0.1, 0.15) is 0 Å². The molecule has 0 saturated carbocycles. The molecule has 0 bridgehead atoms. The zero-order valence-corrected chi connectivity index (χ0v) is 10.8. The molecular weight excluding hydrogens is 216 g/mol. The van der Waals surface area contributed by atoms with Gasteiger partial charge in [0, 0.05) is 24.7 Å². The average Bonchev–Trinajstić information content (AvgIpc) is 2.25. The van der Waals surface area contributed by atoms with E-state index in [-0.39, 0.29) is 5.54 Å². The highest BCUT2D eigenvalue weighted by Gasteiger charge is 2.10. The second kappa shape index (κ2) is 5.29. The van der Waals surface area contributed by atoms with Crippen LogP contribution in [0.2, 0.25) is 0 Å². The number of carbonyl (C=O) groups is 1. The van der Waals surface area contributed by atoms with Crippen LogP contribution in [0, 0.1) is 0 Å². The molecule has 94 valence electrons. The third kappa shape index (κ3) is 4.54. The highest BCUT2D eigenvalue weighted by molar-refractivity contribution is 5.93. The maximum atomic E-state index is 11.4. The van der Waals surface area contributed by atoms with Crippen molar-refractivity contribution in [1.82, 2.24) is 10.4 Å². The number of nitrogens with zero attached hydrogens (tertiary/aromatic N) is 1. The fraction of sp³-hybridized carbons (Fsp3) is 0.462. The summed E-state index contributed by atoms with van der Waals surface area (Å²) in [5.41, 5.74) is 1.66. The molecule has 1 aromatic carbocycles. The second-order valence-corrected chi connectivity index (χ2v) is 5.13. The molecule has 0 unspecified atom stereocenters. The highest BCUT2D eigenvalue weighted by atomic mass is 16.5. The lowest BCUT2D eigenvalue weighted by molar-refractivity contribution is -0.0374. The third-order valence-electron chi connectivity index (χ3n) is 2.32. The molecule has 4 nitrogen and oxygen atoms in total. The summed E-state index contributed by atoms with van der Waals surface area (Å²) in [6.45, 7) is 7.07. The average molecular weight is 236 g/mol. The van der Waals surface area contributed by atoms with Gasteiger partial charge < -0.3 is 5.32 Å². The Labute approximate surface area is 102 Å². The monoisotopic (exact) mass is 236 g/mol. The van der Waals surface area contributed by atoms with E-state index in [1.54, 1.807) is 12.1 Å². The number of nitrogens with one attached hydrogen (secondary N) is 1. The largest absolute Gasteiger partial charge is 0.308 e. The SMILES string of the molecule is CN(O)C(=O)c1ccc(CNC(C)(C)C)cc1. The van der Waals surface area contributed by atoms with Crippen LogP contribution in [0.15, 0.2) is 24.3 Å². The van der Waals surface area contributed by atoms with Gasteiger partial charge in [-0.2, -0.15) is 0 Å². The van der Waals surface area contributed by atoms with Gasteiger partial charge in [0.2, 0.25) is 0 Å². The van der Waals surface area contributed by atoms with Gasteiger partial charge in [-0.1, -0.05) is 12.1 Å². The topological polar surface area (TPSA) is 52.6 Å². The van der Waals surface area contributed by atoms with Gasteiger partial charge in [0.25, 0.3) is 5.91 Å². The molecule has 1 rings (SSSR count). The minimum Gasteiger partial charge on any atom is -0.308 e. The summed E-state index contributed by atoms with van der Waals surface area (Å²) in [5.74, 6) is -0.402. The summed E-state index contributed by atoms with van der Waals surface area (Å²) < 4.78 is 0. The molecule has 2 N–H and O–H groups in total. The van der Waals surface area contributed by atoms with Crippen molar-refractivity contribution < 1.29 is 10.0 Å². The molecule has 1 aromatic rings. The van der Waals surface area contributed by atoms with Crippen LogP contribution in [0.4, 0.5) is 0 Å². The lowest BCUT2D eigenvalue weighted by Crippen LogP contribution is -2.35. The van der Waals surface area contributed by atoms with E-state index in [4.69, 9.17) is 5.21 Å². The first-order chi connectivity index (χ1) is 7.79. The molecule has 0 spiro atoms. The summed E-state index contributed by atoms with van der Waals surface area (Å²) in [7, 11) is 1.32. The van der Waals surface area contributed by atoms with E-state index >= 15 is 0 Å². The van der Waals surface area contributed by atoms with Crippen LogP contribution in [-0.4, -0.2) is 28.8 Å². The number of hydrogen-bond acceptors (Lipinski definition) is 3. The fourth-order valence-corrected chi connectivity index (χ4v) is 1.32. The number of benzene rings is 1. The van der Waals surface area contributed by atoms with Crippen molar-refractivity contribution in [3.63, 3.8) is 0 Å². The molecule has 0 atom stereocenters. The van der Waals surface area contributed by atoms with Crippen molar-refractivity contribution in [2.24, 2.45) is 0 Å². The van der Waals surface area contributed by atoms with E-state index in [0.29, 0.717) is 10.6 Å². The van der Waals surface area contributed by atoms with Crippen LogP contribution in [0.25, 0.3) is 0 Å². The van der Waals surface area contributed by atoms with E-state index in [1.807, 2.05) is 12.1 Å². The van der Waals surface area contributed by atoms with E-state index in [9.17, 15) is 4.79 Å². The molecule has 17 heavy (non-hydrogen) atoms. The molecule has 0 fully saturated rings. The van der Waals surface area contributed by atoms with Gasteiger partial charge in [-0.15, -0.1) is 0 Å². The van der Waals surface area contributed by atoms with Gasteiger partial charge in [-0.3, -0.25) is 10.0 Å². The standard InChI is InChI=1S/C13H20N2O2/c1-13(2,3)14-9-10-5-7-11(8-6-10)12(16)15(4)17/h5-8,14,17H,9H2,1-4H3. The molecule has 1 amide bonds. The summed E-state index contributed by atoms with van der Waals surface area (Å²) in [4.78, 5) is 11.4. The van der Waals surface area contributed by atoms with Crippen molar-refractivity contribution in [2.75, 3.05) is 7.05 Å². The van der Waals surface area contributed by atoms with Gasteiger partial charge >= 0.3 is 0 Å². The smallest absolute Gasteiger partial charge is 0.276 e. The Kier molecular flexibility index (Phi) is 4.26. The summed E-state index contributed by atoms with van der Waals surface area (Å²) in [6.07, 6.45) is 0. The van der Waals surface area contributed by atoms with Gasteiger partial charge in [0.15, 0.2) is 0 Å². The molecule has 0 saturated heterocycles. The minimum atomic E-state index is -0.402. The maximum absolute atomic E-state index is 11.4. The van der Waals surface area contributed by atoms with E-state index < -0.39 is 5.91 Å². The molecular formula is C13H20N2O2. The summed E-state index contributed by atoms with van der Waals surface area (Å²) >= 11 is 0. The van der Waals surface area contributed by atoms with Gasteiger partial charge in [0.05, 0.1) is 0 Å². The second-order valence-electron chi connectivity index (χ2n) is 5.13. The van der Waals surface area contributed by atoms with Crippen LogP contribution in [0.3, 0.4) is 0 Å². The van der Waals surface area contributed by atoms with Crippen molar-refractivity contribution >= 4 is 5.91 Å². The summed E-state index contributed by atoms with van der Waals surface area (Å²) in [6, 6.07) is 7.20. The van der Waals surface area contributed by atoms with Crippen molar-refractivity contribution in [1.29, 1.82) is 0 Å². The van der Waals surface area contributed by atoms with Gasteiger partial charge in [-0.25, -0.2) is 5.06 Å². The maximum Gasteiger partial charge on any atom is 0.276 e. The van der Waals surface area contributed by atoms with Gasteiger partial charge in [-0.05, 0) is 38.5 Å². The molecule has 0 aliphatic carbocycles. The molecule has 0 aliphatic rings. The Morgan fingerprint density at radius 2 is 1.82 bits per heavy atom. The van der Waals surface area contributed by atoms with E-state index in [1.165, 1.54) is 7.05 Å². The Bertz CT molecular complexity index is 377. The van der Waals surface area contributed by atoms with Crippen LogP contribution in [-0.2, 0) is 6.54 Å². The lowest BCUT2D eigenvalue weighted by atomic mass is 10.1. The lowest BCUT2D eigenvalue weighted by Gasteiger charge is -2.20. The quantitative estimate of drug-likeness (QED) is 0.623. The highest BCUT2D eigenvalue weighted by Crippen LogP contribution is 2.08. The van der Waals surface area contributed by atoms with Crippen molar-refractivity contribution in [3.05, 3.63) is 35.4 Å². The Morgan fingerprint density at radius 1 is 1.29 bits per heavy atom. The first kappa shape index (κ1) is 13.7. The van der Waals surface area contributed by atoms with E-state index in [2.05, 4.69) is 26.1 Å². The first-order valence-corrected chi connectivity index (χ1v) is 5.60. The van der Waals surface area contributed by atoms with Crippen LogP contribution < -0.4 is 5.32 Å². The molecule has 4 heteroatoms. The number of hydrogen-bond donors (Lipinski definition) is 2. The number of carbonyl (C=O) groups excluding carboxylic acids is 1. The Hall–Kier alpha value is -1.39. The molecule has 0 radical (unpaired) electrons. The summed E-state index contributed by atoms with van der Waals surface area (Å²) in [5, 5.41) is 13.0. The van der Waals surface area contributed by atoms with E-state index in [0.717, 1.165) is 12.1 Å². The minimum absolute atomic E-state index is 0.0693. The number of amides is 1. The normalized spacial score (nSPS) is 11.4. The molecule has 0 aromatic heterocycles. The van der Waals surface area contributed by atoms with Crippen LogP contribution in [0.1, 0.15) is 36.7 Å².